The van der Waals surface area contributed by atoms with Gasteiger partial charge in [-0.1, -0.05) is 6.42 Å². The lowest BCUT2D eigenvalue weighted by Gasteiger charge is -2.18. The zero-order chi connectivity index (χ0) is 18.1. The Bertz CT molecular complexity index is 801. The fourth-order valence-electron chi connectivity index (χ4n) is 3.79. The molecule has 8 nitrogen and oxygen atoms in total. The molecule has 0 spiro atoms. The van der Waals surface area contributed by atoms with Crippen LogP contribution in [0, 0.1) is 11.8 Å². The summed E-state index contributed by atoms with van der Waals surface area (Å²) in [5, 5.41) is 15.1. The van der Waals surface area contributed by atoms with Gasteiger partial charge in [-0.25, -0.2) is 0 Å². The first kappa shape index (κ1) is 17.0. The highest BCUT2D eigenvalue weighted by Crippen LogP contribution is 2.40. The average Bonchev–Trinajstić information content (AvgIpc) is 3.20. The van der Waals surface area contributed by atoms with Gasteiger partial charge < -0.3 is 15.8 Å². The molecule has 26 heavy (non-hydrogen) atoms. The molecule has 8 heteroatoms. The number of benzene rings is 1. The van der Waals surface area contributed by atoms with Crippen LogP contribution < -0.4 is 15.8 Å². The van der Waals surface area contributed by atoms with E-state index in [-0.39, 0.29) is 17.7 Å². The molecule has 1 aromatic carbocycles. The smallest absolute Gasteiger partial charge is 0.227 e. The summed E-state index contributed by atoms with van der Waals surface area (Å²) in [4.78, 5) is 12.7. The van der Waals surface area contributed by atoms with Crippen LogP contribution in [0.25, 0.3) is 5.69 Å². The van der Waals surface area contributed by atoms with Crippen molar-refractivity contribution in [2.75, 3.05) is 19.0 Å². The Morgan fingerprint density at radius 2 is 2.19 bits per heavy atom. The number of nitrogens with zero attached hydrogens (tertiary/aromatic N) is 4. The first-order valence-corrected chi connectivity index (χ1v) is 9.19. The van der Waals surface area contributed by atoms with Crippen LogP contribution in [0.5, 0.6) is 5.75 Å². The van der Waals surface area contributed by atoms with Crippen LogP contribution in [0.15, 0.2) is 18.2 Å². The molecule has 0 bridgehead atoms. The van der Waals surface area contributed by atoms with Crippen molar-refractivity contribution in [3.8, 4) is 11.4 Å². The Kier molecular flexibility index (Phi) is 4.58. The maximum absolute atomic E-state index is 12.7. The molecule has 0 radical (unpaired) electrons. The van der Waals surface area contributed by atoms with Gasteiger partial charge in [0.2, 0.25) is 5.91 Å². The minimum absolute atomic E-state index is 0.0133. The molecule has 0 unspecified atom stereocenters. The molecule has 0 aliphatic heterocycles. The number of amides is 1. The van der Waals surface area contributed by atoms with Gasteiger partial charge in [-0.2, -0.15) is 4.68 Å². The van der Waals surface area contributed by atoms with Crippen LogP contribution in [0.3, 0.4) is 0 Å². The number of rotatable bonds is 6. The lowest BCUT2D eigenvalue weighted by molar-refractivity contribution is -0.120. The number of ether oxygens (including phenoxy) is 1. The summed E-state index contributed by atoms with van der Waals surface area (Å²) in [6.07, 6.45) is 5.18. The van der Waals surface area contributed by atoms with Crippen molar-refractivity contribution < 1.29 is 9.53 Å². The summed E-state index contributed by atoms with van der Waals surface area (Å²) in [5.41, 5.74) is 7.26. The third kappa shape index (κ3) is 3.16. The number of tetrazole rings is 1. The molecule has 0 saturated heterocycles. The van der Waals surface area contributed by atoms with Crippen LogP contribution in [0.1, 0.15) is 43.8 Å². The molecular formula is C18H24N6O2. The third-order valence-corrected chi connectivity index (χ3v) is 5.41. The Hall–Kier alpha value is -2.48. The van der Waals surface area contributed by atoms with Gasteiger partial charge in [0.25, 0.3) is 0 Å². The molecule has 2 aliphatic carbocycles. The Morgan fingerprint density at radius 3 is 2.92 bits per heavy atom. The van der Waals surface area contributed by atoms with E-state index in [1.165, 1.54) is 0 Å². The van der Waals surface area contributed by atoms with E-state index in [0.29, 0.717) is 23.9 Å². The average molecular weight is 356 g/mol. The van der Waals surface area contributed by atoms with Crippen LogP contribution in [-0.2, 0) is 4.79 Å². The summed E-state index contributed by atoms with van der Waals surface area (Å²) in [7, 11) is 1.61. The second-order valence-corrected chi connectivity index (χ2v) is 7.13. The molecule has 2 aromatic rings. The SMILES string of the molecule is COc1ccc(NC(=O)[C@@H]2CCC[C@@H]2CN)cc1-n1nnnc1C1CC1. The van der Waals surface area contributed by atoms with Crippen molar-refractivity contribution >= 4 is 11.6 Å². The molecule has 1 aromatic heterocycles. The molecule has 1 amide bonds. The van der Waals surface area contributed by atoms with Crippen molar-refractivity contribution in [1.82, 2.24) is 20.2 Å². The summed E-state index contributed by atoms with van der Waals surface area (Å²) >= 11 is 0. The topological polar surface area (TPSA) is 108 Å². The zero-order valence-electron chi connectivity index (χ0n) is 14.9. The van der Waals surface area contributed by atoms with Crippen LogP contribution in [0.2, 0.25) is 0 Å². The number of nitrogens with one attached hydrogen (secondary N) is 1. The lowest BCUT2D eigenvalue weighted by Crippen LogP contribution is -2.29. The normalized spacial score (nSPS) is 22.4. The van der Waals surface area contributed by atoms with Gasteiger partial charge in [-0.05, 0) is 66.8 Å². The second kappa shape index (κ2) is 7.03. The molecule has 1 heterocycles. The van der Waals surface area contributed by atoms with Crippen molar-refractivity contribution in [1.29, 1.82) is 0 Å². The van der Waals surface area contributed by atoms with Crippen LogP contribution in [0.4, 0.5) is 5.69 Å². The number of methoxy groups -OCH3 is 1. The summed E-state index contributed by atoms with van der Waals surface area (Å²) < 4.78 is 7.19. The Balaban J connectivity index is 1.60. The quantitative estimate of drug-likeness (QED) is 0.818. The Labute approximate surface area is 152 Å². The van der Waals surface area contributed by atoms with E-state index in [2.05, 4.69) is 20.8 Å². The predicted octanol–water partition coefficient (Wildman–Crippen LogP) is 1.86. The highest BCUT2D eigenvalue weighted by atomic mass is 16.5. The van der Waals surface area contributed by atoms with Gasteiger partial charge in [0.05, 0.1) is 7.11 Å². The highest BCUT2D eigenvalue weighted by molar-refractivity contribution is 5.93. The van der Waals surface area contributed by atoms with Crippen molar-refractivity contribution in [3.63, 3.8) is 0 Å². The first-order valence-electron chi connectivity index (χ1n) is 9.19. The Morgan fingerprint density at radius 1 is 1.35 bits per heavy atom. The molecule has 2 atom stereocenters. The maximum atomic E-state index is 12.7. The molecule has 2 fully saturated rings. The lowest BCUT2D eigenvalue weighted by atomic mass is 9.95. The number of hydrogen-bond donors (Lipinski definition) is 2. The summed E-state index contributed by atoms with van der Waals surface area (Å²) in [6, 6.07) is 5.54. The van der Waals surface area contributed by atoms with Crippen molar-refractivity contribution in [2.24, 2.45) is 17.6 Å². The molecule has 4 rings (SSSR count). The molecule has 3 N–H and O–H groups in total. The van der Waals surface area contributed by atoms with E-state index in [0.717, 1.165) is 43.6 Å². The maximum Gasteiger partial charge on any atom is 0.227 e. The van der Waals surface area contributed by atoms with E-state index >= 15 is 0 Å². The number of carbonyl (C=O) groups is 1. The molecule has 138 valence electrons. The number of aromatic nitrogens is 4. The number of nitrogens with two attached hydrogens (primary N) is 1. The number of anilines is 1. The molecule has 2 aliphatic rings. The van der Waals surface area contributed by atoms with Gasteiger partial charge in [0.15, 0.2) is 5.82 Å². The summed E-state index contributed by atoms with van der Waals surface area (Å²) in [5.74, 6) is 2.20. The largest absolute Gasteiger partial charge is 0.494 e. The van der Waals surface area contributed by atoms with Gasteiger partial charge in [0.1, 0.15) is 11.4 Å². The van der Waals surface area contributed by atoms with E-state index in [4.69, 9.17) is 10.5 Å². The van der Waals surface area contributed by atoms with Gasteiger partial charge in [-0.3, -0.25) is 4.79 Å². The highest BCUT2D eigenvalue weighted by Gasteiger charge is 2.33. The van der Waals surface area contributed by atoms with E-state index < -0.39 is 0 Å². The molecular weight excluding hydrogens is 332 g/mol. The fraction of sp³-hybridized carbons (Fsp3) is 0.556. The monoisotopic (exact) mass is 356 g/mol. The van der Waals surface area contributed by atoms with Crippen molar-refractivity contribution in [2.45, 2.75) is 38.0 Å². The zero-order valence-corrected chi connectivity index (χ0v) is 14.9. The van der Waals surface area contributed by atoms with Crippen molar-refractivity contribution in [3.05, 3.63) is 24.0 Å². The predicted molar refractivity (Wildman–Crippen MR) is 96.2 cm³/mol. The van der Waals surface area contributed by atoms with Crippen LogP contribution >= 0.6 is 0 Å². The second-order valence-electron chi connectivity index (χ2n) is 7.13. The number of hydrogen-bond acceptors (Lipinski definition) is 6. The summed E-state index contributed by atoms with van der Waals surface area (Å²) in [6.45, 7) is 0.557. The van der Waals surface area contributed by atoms with E-state index in [1.807, 2.05) is 18.2 Å². The minimum atomic E-state index is -0.0133. The molecule has 2 saturated carbocycles. The fourth-order valence-corrected chi connectivity index (χ4v) is 3.79. The van der Waals surface area contributed by atoms with Gasteiger partial charge >= 0.3 is 0 Å². The minimum Gasteiger partial charge on any atom is -0.494 e. The van der Waals surface area contributed by atoms with Gasteiger partial charge in [-0.15, -0.1) is 5.10 Å². The van der Waals surface area contributed by atoms with E-state index in [9.17, 15) is 4.79 Å². The number of carbonyl (C=O) groups excluding carboxylic acids is 1. The van der Waals surface area contributed by atoms with Gasteiger partial charge in [0, 0.05) is 17.5 Å². The third-order valence-electron chi connectivity index (χ3n) is 5.41. The van der Waals surface area contributed by atoms with Crippen LogP contribution in [-0.4, -0.2) is 39.8 Å². The standard InChI is InChI=1S/C18H24N6O2/c1-26-16-8-7-13(20-18(25)14-4-2-3-12(14)10-19)9-15(16)24-17(11-5-6-11)21-22-23-24/h7-9,11-12,14H,2-6,10,19H2,1H3,(H,20,25)/t12-,14-/m1/s1. The van der Waals surface area contributed by atoms with E-state index in [1.54, 1.807) is 11.8 Å². The first-order chi connectivity index (χ1) is 12.7.